The van der Waals surface area contributed by atoms with E-state index in [9.17, 15) is 14.4 Å². The molecule has 1 saturated heterocycles. The Morgan fingerprint density at radius 1 is 1.21 bits per heavy atom. The van der Waals surface area contributed by atoms with Gasteiger partial charge in [0.1, 0.15) is 6.04 Å². The molecule has 156 valence electrons. The molecule has 1 aliphatic heterocycles. The normalized spacial score (nSPS) is 22.6. The van der Waals surface area contributed by atoms with Crippen LogP contribution in [0, 0.1) is 11.3 Å². The second-order valence-corrected chi connectivity index (χ2v) is 8.21. The molecule has 3 rings (SSSR count). The highest BCUT2D eigenvalue weighted by molar-refractivity contribution is 5.93. The zero-order valence-corrected chi connectivity index (χ0v) is 17.4. The first-order valence-corrected chi connectivity index (χ1v) is 10.3. The first kappa shape index (κ1) is 21.1. The summed E-state index contributed by atoms with van der Waals surface area (Å²) in [6.07, 6.45) is 5.04. The fourth-order valence-electron chi connectivity index (χ4n) is 4.52. The van der Waals surface area contributed by atoms with Gasteiger partial charge in [-0.3, -0.25) is 9.59 Å². The standard InChI is InChI=1S/C23H30N2O4/c1-16(2)20(21(27)29-3)25-18-11-7-8-13-23(18,14-12-19(25)26)22(28)24-15-17-9-5-4-6-10-17/h4-6,9-11,16,20H,7-8,12-15H2,1-3H3,(H,24,28)/t20-,23+/m0/s1. The molecule has 1 aromatic rings. The van der Waals surface area contributed by atoms with E-state index in [0.717, 1.165) is 18.4 Å². The van der Waals surface area contributed by atoms with E-state index in [0.29, 0.717) is 25.1 Å². The summed E-state index contributed by atoms with van der Waals surface area (Å²) in [6.45, 7) is 4.22. The van der Waals surface area contributed by atoms with Crippen molar-refractivity contribution < 1.29 is 19.1 Å². The lowest BCUT2D eigenvalue weighted by Crippen LogP contribution is -2.58. The number of allylic oxidation sites excluding steroid dienone is 1. The van der Waals surface area contributed by atoms with Gasteiger partial charge in [0.2, 0.25) is 11.8 Å². The quantitative estimate of drug-likeness (QED) is 0.747. The third-order valence-corrected chi connectivity index (χ3v) is 6.01. The predicted molar refractivity (Wildman–Crippen MR) is 109 cm³/mol. The lowest BCUT2D eigenvalue weighted by Gasteiger charge is -2.48. The Hall–Kier alpha value is -2.63. The van der Waals surface area contributed by atoms with E-state index < -0.39 is 17.4 Å². The average Bonchev–Trinajstić information content (AvgIpc) is 2.74. The van der Waals surface area contributed by atoms with Crippen molar-refractivity contribution in [3.8, 4) is 0 Å². The molecule has 2 atom stereocenters. The summed E-state index contributed by atoms with van der Waals surface area (Å²) in [6, 6.07) is 9.04. The molecule has 2 aliphatic rings. The van der Waals surface area contributed by atoms with Crippen molar-refractivity contribution in [2.75, 3.05) is 7.11 Å². The molecule has 1 aromatic carbocycles. The number of nitrogens with zero attached hydrogens (tertiary/aromatic N) is 1. The Bertz CT molecular complexity index is 802. The van der Waals surface area contributed by atoms with E-state index in [1.807, 2.05) is 50.3 Å². The van der Waals surface area contributed by atoms with Crippen molar-refractivity contribution >= 4 is 17.8 Å². The number of fused-ring (bicyclic) bond motifs is 1. The summed E-state index contributed by atoms with van der Waals surface area (Å²) in [5, 5.41) is 3.07. The highest BCUT2D eigenvalue weighted by Crippen LogP contribution is 2.48. The van der Waals surface area contributed by atoms with Gasteiger partial charge >= 0.3 is 5.97 Å². The van der Waals surface area contributed by atoms with E-state index in [1.165, 1.54) is 7.11 Å². The molecule has 0 unspecified atom stereocenters. The van der Waals surface area contributed by atoms with Gasteiger partial charge in [-0.15, -0.1) is 0 Å². The number of methoxy groups -OCH3 is 1. The summed E-state index contributed by atoms with van der Waals surface area (Å²) >= 11 is 0. The SMILES string of the molecule is COC(=O)[C@H](C(C)C)N1C(=O)CC[C@]2(C(=O)NCc3ccccc3)CCCC=C12. The van der Waals surface area contributed by atoms with Crippen molar-refractivity contribution in [1.29, 1.82) is 0 Å². The minimum absolute atomic E-state index is 0.0721. The van der Waals surface area contributed by atoms with Crippen LogP contribution in [-0.4, -0.2) is 35.8 Å². The molecule has 0 aromatic heterocycles. The van der Waals surface area contributed by atoms with Crippen molar-refractivity contribution in [3.63, 3.8) is 0 Å². The predicted octanol–water partition coefficient (Wildman–Crippen LogP) is 3.18. The monoisotopic (exact) mass is 398 g/mol. The number of likely N-dealkylation sites (tertiary alicyclic amines) is 1. The zero-order chi connectivity index (χ0) is 21.0. The molecule has 1 fully saturated rings. The number of hydrogen-bond acceptors (Lipinski definition) is 4. The molecule has 6 nitrogen and oxygen atoms in total. The zero-order valence-electron chi connectivity index (χ0n) is 17.4. The maximum atomic E-state index is 13.4. The molecule has 1 N–H and O–H groups in total. The van der Waals surface area contributed by atoms with Gasteiger partial charge in [-0.1, -0.05) is 50.3 Å². The third kappa shape index (κ3) is 4.07. The number of ether oxygens (including phenoxy) is 1. The van der Waals surface area contributed by atoms with Gasteiger partial charge < -0.3 is 15.0 Å². The Kier molecular flexibility index (Phi) is 6.40. The fraction of sp³-hybridized carbons (Fsp3) is 0.522. The molecule has 0 spiro atoms. The van der Waals surface area contributed by atoms with Gasteiger partial charge in [0.15, 0.2) is 0 Å². The molecule has 0 bridgehead atoms. The third-order valence-electron chi connectivity index (χ3n) is 6.01. The number of carbonyl (C=O) groups excluding carboxylic acids is 3. The topological polar surface area (TPSA) is 75.7 Å². The smallest absolute Gasteiger partial charge is 0.329 e. The van der Waals surface area contributed by atoms with Crippen LogP contribution in [0.1, 0.15) is 51.5 Å². The fourth-order valence-corrected chi connectivity index (χ4v) is 4.52. The van der Waals surface area contributed by atoms with Crippen LogP contribution >= 0.6 is 0 Å². The minimum Gasteiger partial charge on any atom is -0.467 e. The number of piperidine rings is 1. The summed E-state index contributed by atoms with van der Waals surface area (Å²) in [5.41, 5.74) is 0.925. The van der Waals surface area contributed by atoms with Gasteiger partial charge in [0, 0.05) is 18.7 Å². The lowest BCUT2D eigenvalue weighted by molar-refractivity contribution is -0.157. The average molecular weight is 399 g/mol. The highest BCUT2D eigenvalue weighted by atomic mass is 16.5. The van der Waals surface area contributed by atoms with Crippen LogP contribution in [0.25, 0.3) is 0 Å². The van der Waals surface area contributed by atoms with Gasteiger partial charge in [0.05, 0.1) is 12.5 Å². The molecular formula is C23H30N2O4. The number of esters is 1. The maximum Gasteiger partial charge on any atom is 0.329 e. The van der Waals surface area contributed by atoms with E-state index in [2.05, 4.69) is 5.32 Å². The molecule has 29 heavy (non-hydrogen) atoms. The number of rotatable bonds is 6. The molecular weight excluding hydrogens is 368 g/mol. The Labute approximate surface area is 172 Å². The van der Waals surface area contributed by atoms with E-state index in [4.69, 9.17) is 4.74 Å². The summed E-state index contributed by atoms with van der Waals surface area (Å²) in [4.78, 5) is 40.4. The van der Waals surface area contributed by atoms with E-state index in [1.54, 1.807) is 4.90 Å². The Morgan fingerprint density at radius 2 is 1.93 bits per heavy atom. The Balaban J connectivity index is 1.91. The second-order valence-electron chi connectivity index (χ2n) is 8.21. The second kappa shape index (κ2) is 8.80. The summed E-state index contributed by atoms with van der Waals surface area (Å²) in [5.74, 6) is -0.761. The molecule has 1 heterocycles. The number of hydrogen-bond donors (Lipinski definition) is 1. The van der Waals surface area contributed by atoms with E-state index >= 15 is 0 Å². The van der Waals surface area contributed by atoms with Gasteiger partial charge in [-0.2, -0.15) is 0 Å². The molecule has 0 saturated carbocycles. The van der Waals surface area contributed by atoms with Crippen LogP contribution < -0.4 is 5.32 Å². The minimum atomic E-state index is -0.776. The summed E-state index contributed by atoms with van der Waals surface area (Å²) in [7, 11) is 1.33. The van der Waals surface area contributed by atoms with Gasteiger partial charge in [-0.25, -0.2) is 4.79 Å². The highest BCUT2D eigenvalue weighted by Gasteiger charge is 2.52. The lowest BCUT2D eigenvalue weighted by atomic mass is 9.68. The first-order valence-electron chi connectivity index (χ1n) is 10.3. The largest absolute Gasteiger partial charge is 0.467 e. The Morgan fingerprint density at radius 3 is 2.59 bits per heavy atom. The van der Waals surface area contributed by atoms with Gasteiger partial charge in [0.25, 0.3) is 0 Å². The van der Waals surface area contributed by atoms with Crippen LogP contribution in [-0.2, 0) is 25.7 Å². The van der Waals surface area contributed by atoms with Crippen molar-refractivity contribution in [1.82, 2.24) is 10.2 Å². The number of amides is 2. The number of carbonyl (C=O) groups is 3. The van der Waals surface area contributed by atoms with Crippen molar-refractivity contribution in [2.45, 2.75) is 58.5 Å². The number of nitrogens with one attached hydrogen (secondary N) is 1. The molecule has 6 heteroatoms. The molecule has 1 aliphatic carbocycles. The van der Waals surface area contributed by atoms with Crippen molar-refractivity contribution in [2.24, 2.45) is 11.3 Å². The van der Waals surface area contributed by atoms with Crippen LogP contribution in [0.15, 0.2) is 42.1 Å². The summed E-state index contributed by atoms with van der Waals surface area (Å²) < 4.78 is 4.99. The van der Waals surface area contributed by atoms with Crippen LogP contribution in [0.3, 0.4) is 0 Å². The van der Waals surface area contributed by atoms with E-state index in [-0.39, 0.29) is 24.2 Å². The first-order chi connectivity index (χ1) is 13.9. The molecule has 2 amide bonds. The van der Waals surface area contributed by atoms with Crippen LogP contribution in [0.2, 0.25) is 0 Å². The van der Waals surface area contributed by atoms with Crippen LogP contribution in [0.4, 0.5) is 0 Å². The van der Waals surface area contributed by atoms with Crippen LogP contribution in [0.5, 0.6) is 0 Å². The van der Waals surface area contributed by atoms with Gasteiger partial charge in [-0.05, 0) is 37.2 Å². The number of benzene rings is 1. The maximum absolute atomic E-state index is 13.4. The van der Waals surface area contributed by atoms with Crippen molar-refractivity contribution in [3.05, 3.63) is 47.7 Å². The molecule has 0 radical (unpaired) electrons.